The van der Waals surface area contributed by atoms with Crippen molar-refractivity contribution in [3.8, 4) is 11.5 Å². The first kappa shape index (κ1) is 30.2. The maximum Gasteiger partial charge on any atom is 0.339 e. The van der Waals surface area contributed by atoms with Crippen LogP contribution in [0.3, 0.4) is 0 Å². The van der Waals surface area contributed by atoms with E-state index >= 15 is 0 Å². The van der Waals surface area contributed by atoms with Gasteiger partial charge in [0.05, 0.1) is 7.11 Å². The molecule has 0 heterocycles. The number of rotatable bonds is 14. The number of ether oxygens (including phenoxy) is 1. The van der Waals surface area contributed by atoms with Crippen molar-refractivity contribution in [1.82, 2.24) is 4.90 Å². The zero-order valence-electron chi connectivity index (χ0n) is 23.2. The highest BCUT2D eigenvalue weighted by Crippen LogP contribution is 2.31. The van der Waals surface area contributed by atoms with E-state index in [0.29, 0.717) is 17.7 Å². The summed E-state index contributed by atoms with van der Waals surface area (Å²) in [6, 6.07) is 17.1. The maximum absolute atomic E-state index is 13.5. The van der Waals surface area contributed by atoms with Crippen LogP contribution in [0.15, 0.2) is 71.6 Å². The number of halogens is 1. The molecule has 0 fully saturated rings. The number of nitrogens with zero attached hydrogens (tertiary/aromatic N) is 1. The van der Waals surface area contributed by atoms with Crippen molar-refractivity contribution >= 4 is 16.0 Å². The number of carbonyl (C=O) groups excluding carboxylic acids is 1. The normalized spacial score (nSPS) is 11.4. The Labute approximate surface area is 231 Å². The van der Waals surface area contributed by atoms with Crippen molar-refractivity contribution in [3.63, 3.8) is 0 Å². The lowest BCUT2D eigenvalue weighted by Crippen LogP contribution is -2.33. The molecule has 0 unspecified atom stereocenters. The predicted octanol–water partition coefficient (Wildman–Crippen LogP) is 7.02. The van der Waals surface area contributed by atoms with Gasteiger partial charge in [0.2, 0.25) is 0 Å². The summed E-state index contributed by atoms with van der Waals surface area (Å²) in [5.74, 6) is -0.215. The predicted molar refractivity (Wildman–Crippen MR) is 151 cm³/mol. The molecule has 8 heteroatoms. The Kier molecular flexibility index (Phi) is 10.9. The van der Waals surface area contributed by atoms with E-state index in [1.807, 2.05) is 38.1 Å². The van der Waals surface area contributed by atoms with E-state index in [2.05, 4.69) is 6.92 Å². The van der Waals surface area contributed by atoms with Gasteiger partial charge >= 0.3 is 10.1 Å². The van der Waals surface area contributed by atoms with E-state index in [4.69, 9.17) is 8.92 Å². The molecule has 0 aliphatic heterocycles. The average molecular weight is 556 g/mol. The van der Waals surface area contributed by atoms with Gasteiger partial charge < -0.3 is 13.8 Å². The average Bonchev–Trinajstić information content (AvgIpc) is 2.91. The first-order valence-corrected chi connectivity index (χ1v) is 14.8. The molecule has 6 nitrogen and oxygen atoms in total. The largest absolute Gasteiger partial charge is 0.493 e. The lowest BCUT2D eigenvalue weighted by molar-refractivity contribution is 0.0722. The Morgan fingerprint density at radius 1 is 0.897 bits per heavy atom. The first-order chi connectivity index (χ1) is 18.6. The van der Waals surface area contributed by atoms with Crippen LogP contribution in [0.1, 0.15) is 67.9 Å². The summed E-state index contributed by atoms with van der Waals surface area (Å²) in [6.07, 6.45) is 5.78. The van der Waals surface area contributed by atoms with Crippen LogP contribution in [-0.2, 0) is 23.1 Å². The van der Waals surface area contributed by atoms with Crippen LogP contribution in [0.5, 0.6) is 11.5 Å². The molecule has 210 valence electrons. The SMILES string of the molecule is CCCCCCc1ccc(C(=O)N(Cc2ccc(OC)c(OS(=O)(=O)c3ccc(F)cc3)c2)CC(C)C)cc1. The third kappa shape index (κ3) is 8.82. The highest BCUT2D eigenvalue weighted by molar-refractivity contribution is 7.87. The van der Waals surface area contributed by atoms with E-state index in [0.717, 1.165) is 37.1 Å². The molecule has 0 aliphatic carbocycles. The van der Waals surface area contributed by atoms with Crippen molar-refractivity contribution in [2.45, 2.75) is 64.3 Å². The molecule has 0 bridgehead atoms. The van der Waals surface area contributed by atoms with Crippen LogP contribution in [0.25, 0.3) is 0 Å². The molecule has 3 aromatic carbocycles. The molecule has 3 rings (SSSR count). The maximum atomic E-state index is 13.5. The van der Waals surface area contributed by atoms with Crippen LogP contribution in [0, 0.1) is 11.7 Å². The van der Waals surface area contributed by atoms with Gasteiger partial charge in [0.25, 0.3) is 5.91 Å². The first-order valence-electron chi connectivity index (χ1n) is 13.4. The lowest BCUT2D eigenvalue weighted by atomic mass is 10.0. The fourth-order valence-corrected chi connectivity index (χ4v) is 5.22. The van der Waals surface area contributed by atoms with Crippen LogP contribution in [0.2, 0.25) is 0 Å². The number of methoxy groups -OCH3 is 1. The van der Waals surface area contributed by atoms with E-state index in [1.54, 1.807) is 23.1 Å². The molecule has 0 saturated carbocycles. The molecule has 0 spiro atoms. The van der Waals surface area contributed by atoms with E-state index in [1.165, 1.54) is 31.9 Å². The lowest BCUT2D eigenvalue weighted by Gasteiger charge is -2.25. The highest BCUT2D eigenvalue weighted by atomic mass is 32.2. The minimum absolute atomic E-state index is 0.0105. The van der Waals surface area contributed by atoms with Crippen molar-refractivity contribution < 1.29 is 26.5 Å². The zero-order chi connectivity index (χ0) is 28.4. The molecule has 0 radical (unpaired) electrons. The second kappa shape index (κ2) is 14.1. The fourth-order valence-electron chi connectivity index (χ4n) is 4.29. The molecule has 0 aliphatic rings. The molecule has 0 saturated heterocycles. The third-order valence-corrected chi connectivity index (χ3v) is 7.54. The summed E-state index contributed by atoms with van der Waals surface area (Å²) in [6.45, 7) is 7.05. The fraction of sp³-hybridized carbons (Fsp3) is 0.387. The Morgan fingerprint density at radius 2 is 1.56 bits per heavy atom. The molecule has 0 aromatic heterocycles. The topological polar surface area (TPSA) is 72.9 Å². The molecule has 0 atom stereocenters. The van der Waals surface area contributed by atoms with Crippen molar-refractivity contribution in [3.05, 3.63) is 89.2 Å². The number of benzene rings is 3. The second-order valence-corrected chi connectivity index (χ2v) is 11.6. The quantitative estimate of drug-likeness (QED) is 0.158. The summed E-state index contributed by atoms with van der Waals surface area (Å²) in [4.78, 5) is 15.1. The Bertz CT molecular complexity index is 1320. The number of unbranched alkanes of at least 4 members (excludes halogenated alkanes) is 3. The molecule has 0 N–H and O–H groups in total. The smallest absolute Gasteiger partial charge is 0.339 e. The Balaban J connectivity index is 1.80. The number of aryl methyl sites for hydroxylation is 1. The number of hydrogen-bond acceptors (Lipinski definition) is 5. The second-order valence-electron chi connectivity index (χ2n) is 10.1. The van der Waals surface area contributed by atoms with Crippen LogP contribution < -0.4 is 8.92 Å². The number of amides is 1. The van der Waals surface area contributed by atoms with Gasteiger partial charge in [-0.15, -0.1) is 0 Å². The number of hydrogen-bond donors (Lipinski definition) is 0. The Morgan fingerprint density at radius 3 is 2.18 bits per heavy atom. The molecule has 39 heavy (non-hydrogen) atoms. The zero-order valence-corrected chi connectivity index (χ0v) is 24.0. The van der Waals surface area contributed by atoms with Gasteiger partial charge in [0.15, 0.2) is 11.5 Å². The number of carbonyl (C=O) groups is 1. The van der Waals surface area contributed by atoms with Gasteiger partial charge in [0, 0.05) is 18.7 Å². The third-order valence-electron chi connectivity index (χ3n) is 6.30. The highest BCUT2D eigenvalue weighted by Gasteiger charge is 2.22. The minimum atomic E-state index is -4.23. The molecule has 3 aromatic rings. The molecule has 1 amide bonds. The monoisotopic (exact) mass is 555 g/mol. The van der Waals surface area contributed by atoms with Gasteiger partial charge in [-0.3, -0.25) is 4.79 Å². The molecular weight excluding hydrogens is 517 g/mol. The summed E-state index contributed by atoms with van der Waals surface area (Å²) in [5, 5.41) is 0. The van der Waals surface area contributed by atoms with E-state index in [9.17, 15) is 17.6 Å². The van der Waals surface area contributed by atoms with E-state index < -0.39 is 15.9 Å². The summed E-state index contributed by atoms with van der Waals surface area (Å²) < 4.78 is 49.6. The van der Waals surface area contributed by atoms with Gasteiger partial charge in [-0.1, -0.05) is 58.2 Å². The van der Waals surface area contributed by atoms with Gasteiger partial charge in [-0.2, -0.15) is 8.42 Å². The standard InChI is InChI=1S/C31H38FNO5S/c1-5-6-7-8-9-24-10-13-26(14-11-24)31(34)33(21-23(2)3)22-25-12-19-29(37-4)30(20-25)38-39(35,36)28-17-15-27(32)16-18-28/h10-20,23H,5-9,21-22H2,1-4H3. The molecular formula is C31H38FNO5S. The van der Waals surface area contributed by atoms with Gasteiger partial charge in [-0.05, 0) is 78.4 Å². The van der Waals surface area contributed by atoms with Gasteiger partial charge in [0.1, 0.15) is 10.7 Å². The van der Waals surface area contributed by atoms with Crippen molar-refractivity contribution in [2.75, 3.05) is 13.7 Å². The summed E-state index contributed by atoms with van der Waals surface area (Å²) in [7, 11) is -2.82. The summed E-state index contributed by atoms with van der Waals surface area (Å²) >= 11 is 0. The van der Waals surface area contributed by atoms with Crippen molar-refractivity contribution in [2.24, 2.45) is 5.92 Å². The van der Waals surface area contributed by atoms with Crippen LogP contribution >= 0.6 is 0 Å². The van der Waals surface area contributed by atoms with Crippen LogP contribution in [0.4, 0.5) is 4.39 Å². The van der Waals surface area contributed by atoms with E-state index in [-0.39, 0.29) is 34.8 Å². The van der Waals surface area contributed by atoms with Gasteiger partial charge in [-0.25, -0.2) is 4.39 Å². The van der Waals surface area contributed by atoms with Crippen molar-refractivity contribution in [1.29, 1.82) is 0 Å². The minimum Gasteiger partial charge on any atom is -0.493 e. The Hall–Kier alpha value is -3.39. The van der Waals surface area contributed by atoms with Crippen LogP contribution in [-0.4, -0.2) is 32.9 Å². The summed E-state index contributed by atoms with van der Waals surface area (Å²) in [5.41, 5.74) is 2.51.